The van der Waals surface area contributed by atoms with Crippen LogP contribution in [0.15, 0.2) is 24.3 Å². The highest BCUT2D eigenvalue weighted by Crippen LogP contribution is 2.36. The van der Waals surface area contributed by atoms with Crippen LogP contribution in [-0.4, -0.2) is 32.4 Å². The van der Waals surface area contributed by atoms with Crippen molar-refractivity contribution in [3.8, 4) is 11.5 Å². The number of carbonyl (C=O) groups is 2. The van der Waals surface area contributed by atoms with Crippen LogP contribution < -0.4 is 0 Å². The van der Waals surface area contributed by atoms with Crippen LogP contribution in [0.5, 0.6) is 11.5 Å². The Labute approximate surface area is 215 Å². The zero-order valence-corrected chi connectivity index (χ0v) is 22.9. The van der Waals surface area contributed by atoms with Crippen LogP contribution in [0.2, 0.25) is 0 Å². The Morgan fingerprint density at radius 1 is 0.667 bits per heavy atom. The SMILES string of the molecule is Cc1cc(CC(CCC(Cc2cc(C)c(O)c(C(C)(C)C)c2)C(=O)O)C(=O)O)cc(C(C)(C)C)c1O. The molecule has 2 atom stereocenters. The zero-order chi connectivity index (χ0) is 27.6. The van der Waals surface area contributed by atoms with Gasteiger partial charge >= 0.3 is 11.9 Å². The molecule has 0 radical (unpaired) electrons. The van der Waals surface area contributed by atoms with E-state index in [2.05, 4.69) is 0 Å². The molecule has 0 saturated heterocycles. The van der Waals surface area contributed by atoms with Gasteiger partial charge in [0.05, 0.1) is 11.8 Å². The maximum Gasteiger partial charge on any atom is 0.306 e. The maximum absolute atomic E-state index is 12.1. The van der Waals surface area contributed by atoms with Gasteiger partial charge in [0.15, 0.2) is 0 Å². The molecular formula is C30H42O6. The number of rotatable bonds is 9. The van der Waals surface area contributed by atoms with Crippen molar-refractivity contribution >= 4 is 11.9 Å². The standard InChI is InChI=1S/C30H42O6/c1-17-11-19(15-23(25(17)31)29(3,4)5)13-21(27(33)34)9-10-22(28(35)36)14-20-12-18(2)26(32)24(16-20)30(6,7)8/h11-12,15-16,21-22,31-32H,9-10,13-14H2,1-8H3,(H,33,34)(H,35,36). The first kappa shape index (κ1) is 29.2. The van der Waals surface area contributed by atoms with Crippen molar-refractivity contribution in [2.45, 2.75) is 91.9 Å². The monoisotopic (exact) mass is 498 g/mol. The lowest BCUT2D eigenvalue weighted by Crippen LogP contribution is -2.22. The second-order valence-corrected chi connectivity index (χ2v) is 12.2. The van der Waals surface area contributed by atoms with E-state index in [0.717, 1.165) is 22.3 Å². The topological polar surface area (TPSA) is 115 Å². The predicted octanol–water partition coefficient (Wildman–Crippen LogP) is 6.28. The first-order valence-corrected chi connectivity index (χ1v) is 12.5. The molecule has 2 unspecified atom stereocenters. The molecule has 2 aromatic rings. The summed E-state index contributed by atoms with van der Waals surface area (Å²) in [6, 6.07) is 7.34. The third kappa shape index (κ3) is 7.25. The van der Waals surface area contributed by atoms with Crippen LogP contribution in [0.1, 0.15) is 87.8 Å². The van der Waals surface area contributed by atoms with Gasteiger partial charge in [-0.3, -0.25) is 9.59 Å². The fourth-order valence-electron chi connectivity index (χ4n) is 4.68. The summed E-state index contributed by atoms with van der Waals surface area (Å²) in [4.78, 5) is 24.2. The summed E-state index contributed by atoms with van der Waals surface area (Å²) in [6.45, 7) is 15.6. The number of phenols is 2. The summed E-state index contributed by atoms with van der Waals surface area (Å²) in [5.41, 5.74) is 3.96. The normalized spacial score (nSPS) is 13.9. The molecule has 4 N–H and O–H groups in total. The van der Waals surface area contributed by atoms with E-state index in [-0.39, 0.29) is 48.0 Å². The number of carboxylic acid groups (broad SMARTS) is 2. The molecule has 2 rings (SSSR count). The van der Waals surface area contributed by atoms with E-state index in [4.69, 9.17) is 0 Å². The average molecular weight is 499 g/mol. The van der Waals surface area contributed by atoms with Gasteiger partial charge < -0.3 is 20.4 Å². The van der Waals surface area contributed by atoms with Crippen molar-refractivity contribution in [1.29, 1.82) is 0 Å². The third-order valence-electron chi connectivity index (χ3n) is 6.86. The van der Waals surface area contributed by atoms with Crippen molar-refractivity contribution in [3.05, 3.63) is 57.6 Å². The van der Waals surface area contributed by atoms with Gasteiger partial charge in [-0.25, -0.2) is 0 Å². The van der Waals surface area contributed by atoms with Gasteiger partial charge in [0.2, 0.25) is 0 Å². The second kappa shape index (κ2) is 10.9. The Morgan fingerprint density at radius 2 is 0.972 bits per heavy atom. The lowest BCUT2D eigenvalue weighted by atomic mass is 9.81. The summed E-state index contributed by atoms with van der Waals surface area (Å²) >= 11 is 0. The lowest BCUT2D eigenvalue weighted by molar-refractivity contribution is -0.145. The second-order valence-electron chi connectivity index (χ2n) is 12.2. The third-order valence-corrected chi connectivity index (χ3v) is 6.86. The molecule has 0 spiro atoms. The first-order chi connectivity index (χ1) is 16.4. The molecule has 198 valence electrons. The van der Waals surface area contributed by atoms with E-state index in [1.807, 2.05) is 65.8 Å². The minimum Gasteiger partial charge on any atom is -0.507 e. The molecule has 0 fully saturated rings. The van der Waals surface area contributed by atoms with Crippen LogP contribution >= 0.6 is 0 Å². The van der Waals surface area contributed by atoms with E-state index in [1.165, 1.54) is 0 Å². The molecule has 0 aromatic heterocycles. The van der Waals surface area contributed by atoms with Gasteiger partial charge in [-0.05, 0) is 83.7 Å². The summed E-state index contributed by atoms with van der Waals surface area (Å²) < 4.78 is 0. The fraction of sp³-hybridized carbons (Fsp3) is 0.533. The van der Waals surface area contributed by atoms with E-state index in [0.29, 0.717) is 11.1 Å². The van der Waals surface area contributed by atoms with Crippen LogP contribution in [0.3, 0.4) is 0 Å². The summed E-state index contributed by atoms with van der Waals surface area (Å²) in [5, 5.41) is 40.8. The van der Waals surface area contributed by atoms with Gasteiger partial charge in [-0.2, -0.15) is 0 Å². The summed E-state index contributed by atoms with van der Waals surface area (Å²) in [6.07, 6.45) is 0.970. The molecule has 0 amide bonds. The van der Waals surface area contributed by atoms with Crippen molar-refractivity contribution < 1.29 is 30.0 Å². The summed E-state index contributed by atoms with van der Waals surface area (Å²) in [7, 11) is 0. The number of hydrogen-bond acceptors (Lipinski definition) is 4. The molecule has 0 aliphatic heterocycles. The van der Waals surface area contributed by atoms with Crippen molar-refractivity contribution in [3.63, 3.8) is 0 Å². The highest BCUT2D eigenvalue weighted by molar-refractivity contribution is 5.72. The number of aromatic hydroxyl groups is 2. The number of aryl methyl sites for hydroxylation is 2. The molecule has 6 heteroatoms. The molecule has 0 aliphatic carbocycles. The smallest absolute Gasteiger partial charge is 0.306 e. The molecule has 0 aliphatic rings. The molecule has 36 heavy (non-hydrogen) atoms. The Kier molecular flexibility index (Phi) is 8.87. The minimum absolute atomic E-state index is 0.222. The highest BCUT2D eigenvalue weighted by Gasteiger charge is 2.27. The Bertz CT molecular complexity index is 1030. The maximum atomic E-state index is 12.1. The quantitative estimate of drug-likeness (QED) is 0.324. The van der Waals surface area contributed by atoms with Crippen LogP contribution in [0, 0.1) is 25.7 Å². The van der Waals surface area contributed by atoms with Crippen LogP contribution in [0.25, 0.3) is 0 Å². The first-order valence-electron chi connectivity index (χ1n) is 12.5. The average Bonchev–Trinajstić information content (AvgIpc) is 2.72. The van der Waals surface area contributed by atoms with Gasteiger partial charge in [-0.15, -0.1) is 0 Å². The van der Waals surface area contributed by atoms with Crippen LogP contribution in [-0.2, 0) is 33.3 Å². The van der Waals surface area contributed by atoms with Gasteiger partial charge in [-0.1, -0.05) is 65.8 Å². The predicted molar refractivity (Wildman–Crippen MR) is 142 cm³/mol. The Hall–Kier alpha value is -3.02. The lowest BCUT2D eigenvalue weighted by Gasteiger charge is -2.24. The minimum atomic E-state index is -0.960. The molecule has 0 bridgehead atoms. The van der Waals surface area contributed by atoms with Crippen LogP contribution in [0.4, 0.5) is 0 Å². The number of benzene rings is 2. The summed E-state index contributed by atoms with van der Waals surface area (Å²) in [5.74, 6) is -2.95. The van der Waals surface area contributed by atoms with Gasteiger partial charge in [0.1, 0.15) is 11.5 Å². The highest BCUT2D eigenvalue weighted by atomic mass is 16.4. The van der Waals surface area contributed by atoms with E-state index >= 15 is 0 Å². The van der Waals surface area contributed by atoms with E-state index < -0.39 is 23.8 Å². The Morgan fingerprint density at radius 3 is 1.22 bits per heavy atom. The zero-order valence-electron chi connectivity index (χ0n) is 22.9. The molecule has 2 aromatic carbocycles. The molecular weight excluding hydrogens is 456 g/mol. The van der Waals surface area contributed by atoms with Gasteiger partial charge in [0.25, 0.3) is 0 Å². The largest absolute Gasteiger partial charge is 0.507 e. The molecule has 6 nitrogen and oxygen atoms in total. The van der Waals surface area contributed by atoms with E-state index in [9.17, 15) is 30.0 Å². The van der Waals surface area contributed by atoms with Crippen molar-refractivity contribution in [1.82, 2.24) is 0 Å². The fourth-order valence-corrected chi connectivity index (χ4v) is 4.68. The molecule has 0 saturated carbocycles. The number of hydrogen-bond donors (Lipinski definition) is 4. The number of phenolic OH excluding ortho intramolecular Hbond substituents is 2. The number of aliphatic carboxylic acids is 2. The number of carboxylic acids is 2. The van der Waals surface area contributed by atoms with Crippen molar-refractivity contribution in [2.75, 3.05) is 0 Å². The van der Waals surface area contributed by atoms with Crippen molar-refractivity contribution in [2.24, 2.45) is 11.8 Å². The van der Waals surface area contributed by atoms with E-state index in [1.54, 1.807) is 13.8 Å². The van der Waals surface area contributed by atoms with Gasteiger partial charge in [0, 0.05) is 0 Å². The molecule has 0 heterocycles. The Balaban J connectivity index is 2.25.